The summed E-state index contributed by atoms with van der Waals surface area (Å²) in [6.45, 7) is 14.2. The van der Waals surface area contributed by atoms with Crippen LogP contribution in [0.2, 0.25) is 0 Å². The van der Waals surface area contributed by atoms with Crippen molar-refractivity contribution < 1.29 is 44.7 Å². The number of carbonyl (C=O) groups excluding carboxylic acids is 2. The minimum absolute atomic E-state index is 0.0685. The SMILES string of the molecule is C=C(O[CH]=[Hg])C1=C(C)C2=CNC(Nc3ccc(N4CCN(C(=O)OC(C)(C)C)CC4)cn3)=NC2N(C2CCCC2)C1=O. The molecule has 1 saturated carbocycles. The van der Waals surface area contributed by atoms with Gasteiger partial charge in [-0.3, -0.25) is 0 Å². The second-order valence-corrected chi connectivity index (χ2v) is 13.2. The maximum absolute atomic E-state index is 13.8. The number of fused-ring (bicyclic) bond motifs is 1. The predicted octanol–water partition coefficient (Wildman–Crippen LogP) is 3.66. The van der Waals surface area contributed by atoms with Crippen molar-refractivity contribution in [2.24, 2.45) is 4.99 Å². The first-order valence-corrected chi connectivity index (χ1v) is 17.7. The Morgan fingerprint density at radius 2 is 1.90 bits per heavy atom. The number of nitrogens with zero attached hydrogens (tertiary/aromatic N) is 5. The number of hydrogen-bond donors (Lipinski definition) is 2. The van der Waals surface area contributed by atoms with E-state index in [1.54, 1.807) is 8.59 Å². The van der Waals surface area contributed by atoms with Gasteiger partial charge in [0.2, 0.25) is 0 Å². The van der Waals surface area contributed by atoms with E-state index in [9.17, 15) is 9.59 Å². The molecule has 3 aliphatic heterocycles. The minimum atomic E-state index is -0.505. The first-order valence-electron chi connectivity index (χ1n) is 14.6. The normalized spacial score (nSPS) is 21.3. The molecule has 1 saturated heterocycles. The van der Waals surface area contributed by atoms with E-state index in [0.717, 1.165) is 42.5 Å². The van der Waals surface area contributed by atoms with Crippen molar-refractivity contribution in [3.05, 3.63) is 53.6 Å². The number of nitrogens with one attached hydrogen (secondary N) is 2. The number of hydrogen-bond acceptors (Lipinski definition) is 9. The molecular formula is C30H39HgN7O4. The number of guanidine groups is 1. The topological polar surface area (TPSA) is 112 Å². The van der Waals surface area contributed by atoms with Crippen LogP contribution in [-0.2, 0) is 39.9 Å². The Balaban J connectivity index is 1.27. The summed E-state index contributed by atoms with van der Waals surface area (Å²) in [4.78, 5) is 41.7. The summed E-state index contributed by atoms with van der Waals surface area (Å²) in [5.41, 5.74) is 2.79. The zero-order valence-corrected chi connectivity index (χ0v) is 30.5. The van der Waals surface area contributed by atoms with Crippen molar-refractivity contribution in [3.8, 4) is 0 Å². The molecule has 5 rings (SSSR count). The maximum atomic E-state index is 13.8. The molecule has 220 valence electrons. The molecule has 0 aromatic carbocycles. The molecule has 4 aliphatic rings. The Morgan fingerprint density at radius 3 is 2.52 bits per heavy atom. The van der Waals surface area contributed by atoms with Crippen LogP contribution in [0.15, 0.2) is 58.6 Å². The van der Waals surface area contributed by atoms with Gasteiger partial charge in [-0.25, -0.2) is 4.79 Å². The molecule has 1 aromatic rings. The van der Waals surface area contributed by atoms with Gasteiger partial charge in [0.25, 0.3) is 0 Å². The molecule has 2 fully saturated rings. The zero-order valence-electron chi connectivity index (χ0n) is 25.0. The van der Waals surface area contributed by atoms with Gasteiger partial charge in [-0.05, 0) is 26.8 Å². The molecule has 12 heteroatoms. The van der Waals surface area contributed by atoms with Gasteiger partial charge in [0.05, 0.1) is 11.9 Å². The van der Waals surface area contributed by atoms with E-state index in [1.807, 2.05) is 57.1 Å². The second kappa shape index (κ2) is 12.6. The number of anilines is 2. The van der Waals surface area contributed by atoms with E-state index in [1.165, 1.54) is 0 Å². The van der Waals surface area contributed by atoms with Crippen LogP contribution < -0.4 is 15.5 Å². The number of amides is 2. The van der Waals surface area contributed by atoms with Crippen molar-refractivity contribution in [2.45, 2.75) is 71.2 Å². The van der Waals surface area contributed by atoms with E-state index in [4.69, 9.17) is 14.5 Å². The summed E-state index contributed by atoms with van der Waals surface area (Å²) >= 11 is 0.333. The van der Waals surface area contributed by atoms with Crippen LogP contribution in [0.25, 0.3) is 0 Å². The number of piperazine rings is 1. The Kier molecular flexibility index (Phi) is 9.05. The van der Waals surface area contributed by atoms with Gasteiger partial charge in [-0.15, -0.1) is 0 Å². The summed E-state index contributed by atoms with van der Waals surface area (Å²) in [6.07, 6.45) is 7.18. The molecule has 42 heavy (non-hydrogen) atoms. The van der Waals surface area contributed by atoms with Gasteiger partial charge in [0.1, 0.15) is 5.60 Å². The van der Waals surface area contributed by atoms with Crippen LogP contribution >= 0.6 is 0 Å². The van der Waals surface area contributed by atoms with Crippen LogP contribution in [0.5, 0.6) is 0 Å². The third-order valence-corrected chi connectivity index (χ3v) is 8.58. The van der Waals surface area contributed by atoms with Gasteiger partial charge in [0.15, 0.2) is 0 Å². The van der Waals surface area contributed by atoms with E-state index in [0.29, 0.717) is 74.9 Å². The number of aromatic nitrogens is 1. The molecule has 1 unspecified atom stereocenters. The second-order valence-electron chi connectivity index (χ2n) is 11.9. The van der Waals surface area contributed by atoms with E-state index in [-0.39, 0.29) is 18.0 Å². The summed E-state index contributed by atoms with van der Waals surface area (Å²) in [5.74, 6) is 1.51. The number of aliphatic imine (C=N–C) groups is 1. The molecule has 1 atom stereocenters. The first-order chi connectivity index (χ1) is 20.1. The van der Waals surface area contributed by atoms with Crippen LogP contribution in [0, 0.1) is 0 Å². The molecule has 0 spiro atoms. The number of carbonyl (C=O) groups is 2. The van der Waals surface area contributed by atoms with Crippen molar-refractivity contribution in [1.82, 2.24) is 20.1 Å². The predicted molar refractivity (Wildman–Crippen MR) is 158 cm³/mol. The molecule has 4 heterocycles. The fourth-order valence-corrected chi connectivity index (χ4v) is 6.64. The van der Waals surface area contributed by atoms with E-state index < -0.39 is 11.8 Å². The monoisotopic (exact) mass is 763 g/mol. The summed E-state index contributed by atoms with van der Waals surface area (Å²) in [7, 11) is 0. The van der Waals surface area contributed by atoms with Crippen molar-refractivity contribution in [1.29, 1.82) is 0 Å². The van der Waals surface area contributed by atoms with Crippen LogP contribution in [0.1, 0.15) is 53.4 Å². The molecule has 2 N–H and O–H groups in total. The third kappa shape index (κ3) is 6.55. The van der Waals surface area contributed by atoms with Crippen molar-refractivity contribution >= 4 is 33.2 Å². The molecule has 0 bridgehead atoms. The van der Waals surface area contributed by atoms with E-state index in [2.05, 4.69) is 27.1 Å². The molecule has 1 aromatic heterocycles. The summed E-state index contributed by atoms with van der Waals surface area (Å²) < 4.78 is 12.9. The van der Waals surface area contributed by atoms with Gasteiger partial charge in [0, 0.05) is 26.2 Å². The molecule has 0 radical (unpaired) electrons. The Hall–Kier alpha value is -3.21. The Bertz CT molecular complexity index is 1330. The summed E-state index contributed by atoms with van der Waals surface area (Å²) in [5, 5.41) is 6.54. The van der Waals surface area contributed by atoms with E-state index >= 15 is 0 Å². The Morgan fingerprint density at radius 1 is 1.19 bits per heavy atom. The summed E-state index contributed by atoms with van der Waals surface area (Å²) in [6, 6.07) is 4.05. The molecule has 1 aliphatic carbocycles. The van der Waals surface area contributed by atoms with Gasteiger partial charge < -0.3 is 14.5 Å². The zero-order chi connectivity index (χ0) is 30.0. The third-order valence-electron chi connectivity index (χ3n) is 7.93. The van der Waals surface area contributed by atoms with Crippen molar-refractivity contribution in [3.63, 3.8) is 0 Å². The number of rotatable bonds is 6. The first kappa shape index (κ1) is 30.2. The quantitative estimate of drug-likeness (QED) is 0.334. The molecule has 11 nitrogen and oxygen atoms in total. The van der Waals surface area contributed by atoms with Crippen LogP contribution in [0.3, 0.4) is 0 Å². The average Bonchev–Trinajstić information content (AvgIpc) is 3.47. The standard InChI is InChI=1S/C30H39N7O4.Hg/c1-19-23-18-32-28(34-26(23)37(21-9-7-8-10-21)27(38)25(19)20(2)40-6)33-24-12-11-22(17-31-24)35-13-15-36(16-14-35)29(39)41-30(3,4)5;/h6,11-12,17-18,21,26H,2,7-10,13-16H2,1,3-5H3,(H2,31,32,33,34);. The number of ether oxygens (including phenoxy) is 2. The fraction of sp³-hybridized carbons (Fsp3) is 0.500. The van der Waals surface area contributed by atoms with Crippen LogP contribution in [-0.4, -0.2) is 80.4 Å². The molecule has 2 amide bonds. The fourth-order valence-electron chi connectivity index (χ4n) is 5.85. The molecular weight excluding hydrogens is 723 g/mol. The van der Waals surface area contributed by atoms with Crippen LogP contribution in [0.4, 0.5) is 16.3 Å². The Labute approximate surface area is 263 Å². The average molecular weight is 762 g/mol. The van der Waals surface area contributed by atoms with Gasteiger partial charge in [-0.1, -0.05) is 0 Å². The van der Waals surface area contributed by atoms with Gasteiger partial charge in [-0.2, -0.15) is 0 Å². The number of pyridine rings is 1. The van der Waals surface area contributed by atoms with Crippen molar-refractivity contribution in [2.75, 3.05) is 36.4 Å². The van der Waals surface area contributed by atoms with Gasteiger partial charge >= 0.3 is 174 Å².